The lowest BCUT2D eigenvalue weighted by Crippen LogP contribution is -1.95. The van der Waals surface area contributed by atoms with Crippen LogP contribution in [0.5, 0.6) is 0 Å². The van der Waals surface area contributed by atoms with Gasteiger partial charge >= 0.3 is 0 Å². The van der Waals surface area contributed by atoms with Crippen molar-refractivity contribution in [1.82, 2.24) is 0 Å². The largest absolute Gasteiger partial charge is 0.303 e. The smallest absolute Gasteiger partial charge is 0.226 e. The summed E-state index contributed by atoms with van der Waals surface area (Å²) >= 11 is 5.23. The Morgan fingerprint density at radius 3 is 2.69 bits per heavy atom. The summed E-state index contributed by atoms with van der Waals surface area (Å²) in [5, 5.41) is -0.386. The van der Waals surface area contributed by atoms with Crippen LogP contribution in [0.15, 0.2) is 24.3 Å². The molecule has 3 heteroatoms. The number of rotatable bonds is 4. The minimum Gasteiger partial charge on any atom is -0.303 e. The van der Waals surface area contributed by atoms with E-state index in [0.29, 0.717) is 6.42 Å². The first kappa shape index (κ1) is 9.93. The van der Waals surface area contributed by atoms with Crippen LogP contribution in [0.1, 0.15) is 11.1 Å². The van der Waals surface area contributed by atoms with E-state index in [1.807, 2.05) is 24.3 Å². The molecule has 1 aromatic carbocycles. The highest BCUT2D eigenvalue weighted by Gasteiger charge is 2.00. The summed E-state index contributed by atoms with van der Waals surface area (Å²) in [6.07, 6.45) is 1.43. The zero-order valence-electron chi connectivity index (χ0n) is 7.00. The second-order valence-corrected chi connectivity index (χ2v) is 3.14. The normalized spacial score (nSPS) is 9.62. The van der Waals surface area contributed by atoms with Crippen molar-refractivity contribution in [2.45, 2.75) is 12.8 Å². The third-order valence-corrected chi connectivity index (χ3v) is 1.79. The standard InChI is InChI=1S/C10H9ClO2/c11-10(13)7-9-3-1-2-8(6-9)4-5-12/h1-3,5-6H,4,7H2. The fraction of sp³-hybridized carbons (Fsp3) is 0.200. The van der Waals surface area contributed by atoms with Crippen molar-refractivity contribution in [3.8, 4) is 0 Å². The molecule has 1 rings (SSSR count). The van der Waals surface area contributed by atoms with Gasteiger partial charge in [-0.2, -0.15) is 0 Å². The fourth-order valence-corrected chi connectivity index (χ4v) is 1.28. The summed E-state index contributed by atoms with van der Waals surface area (Å²) in [5.41, 5.74) is 1.75. The predicted molar refractivity (Wildman–Crippen MR) is 50.8 cm³/mol. The van der Waals surface area contributed by atoms with E-state index in [-0.39, 0.29) is 11.7 Å². The van der Waals surface area contributed by atoms with Gasteiger partial charge in [-0.15, -0.1) is 0 Å². The first-order valence-electron chi connectivity index (χ1n) is 3.92. The third-order valence-electron chi connectivity index (χ3n) is 1.65. The average Bonchev–Trinajstić information content (AvgIpc) is 2.04. The lowest BCUT2D eigenvalue weighted by Gasteiger charge is -1.99. The van der Waals surface area contributed by atoms with Gasteiger partial charge in [0.25, 0.3) is 0 Å². The quantitative estimate of drug-likeness (QED) is 0.543. The molecule has 0 unspecified atom stereocenters. The molecule has 0 aliphatic heterocycles. The van der Waals surface area contributed by atoms with Crippen molar-refractivity contribution in [3.05, 3.63) is 35.4 Å². The minimum absolute atomic E-state index is 0.217. The van der Waals surface area contributed by atoms with Crippen LogP contribution in [0.2, 0.25) is 0 Å². The van der Waals surface area contributed by atoms with Crippen molar-refractivity contribution in [1.29, 1.82) is 0 Å². The Labute approximate surface area is 81.5 Å². The van der Waals surface area contributed by atoms with Crippen molar-refractivity contribution >= 4 is 23.1 Å². The van der Waals surface area contributed by atoms with E-state index in [4.69, 9.17) is 11.6 Å². The van der Waals surface area contributed by atoms with Crippen molar-refractivity contribution in [2.75, 3.05) is 0 Å². The molecule has 0 radical (unpaired) electrons. The molecule has 0 amide bonds. The van der Waals surface area contributed by atoms with Crippen molar-refractivity contribution in [2.24, 2.45) is 0 Å². The summed E-state index contributed by atoms with van der Waals surface area (Å²) in [6.45, 7) is 0. The summed E-state index contributed by atoms with van der Waals surface area (Å²) in [6, 6.07) is 7.29. The molecule has 0 bridgehead atoms. The molecule has 0 aromatic heterocycles. The number of aldehydes is 1. The molecule has 0 atom stereocenters. The lowest BCUT2D eigenvalue weighted by molar-refractivity contribution is -0.111. The Morgan fingerprint density at radius 1 is 1.38 bits per heavy atom. The number of hydrogen-bond donors (Lipinski definition) is 0. The Balaban J connectivity index is 2.78. The maximum atomic E-state index is 10.6. The Hall–Kier alpha value is -1.15. The maximum Gasteiger partial charge on any atom is 0.226 e. The van der Waals surface area contributed by atoms with Crippen molar-refractivity contribution in [3.63, 3.8) is 0 Å². The molecule has 0 aliphatic rings. The van der Waals surface area contributed by atoms with Crippen LogP contribution in [0.4, 0.5) is 0 Å². The lowest BCUT2D eigenvalue weighted by atomic mass is 10.1. The topological polar surface area (TPSA) is 34.1 Å². The van der Waals surface area contributed by atoms with E-state index in [0.717, 1.165) is 17.4 Å². The van der Waals surface area contributed by atoms with Crippen LogP contribution in [0.25, 0.3) is 0 Å². The summed E-state index contributed by atoms with van der Waals surface area (Å²) in [7, 11) is 0. The average molecular weight is 197 g/mol. The van der Waals surface area contributed by atoms with Gasteiger partial charge in [0.2, 0.25) is 5.24 Å². The van der Waals surface area contributed by atoms with Gasteiger partial charge in [-0.25, -0.2) is 0 Å². The van der Waals surface area contributed by atoms with Gasteiger partial charge in [0, 0.05) is 12.8 Å². The molecule has 2 nitrogen and oxygen atoms in total. The van der Waals surface area contributed by atoms with Gasteiger partial charge in [-0.1, -0.05) is 24.3 Å². The fourth-order valence-electron chi connectivity index (χ4n) is 1.12. The molecule has 0 heterocycles. The van der Waals surface area contributed by atoms with E-state index >= 15 is 0 Å². The molecule has 0 saturated heterocycles. The highest BCUT2D eigenvalue weighted by Crippen LogP contribution is 2.07. The molecule has 68 valence electrons. The third kappa shape index (κ3) is 3.38. The van der Waals surface area contributed by atoms with Crippen LogP contribution < -0.4 is 0 Å². The van der Waals surface area contributed by atoms with Crippen LogP contribution in [0.3, 0.4) is 0 Å². The Morgan fingerprint density at radius 2 is 2.08 bits per heavy atom. The van der Waals surface area contributed by atoms with E-state index in [1.165, 1.54) is 0 Å². The molecule has 0 saturated carbocycles. The second-order valence-electron chi connectivity index (χ2n) is 2.72. The Bertz CT molecular complexity index is 320. The van der Waals surface area contributed by atoms with Crippen LogP contribution >= 0.6 is 11.6 Å². The van der Waals surface area contributed by atoms with E-state index in [1.54, 1.807) is 0 Å². The first-order chi connectivity index (χ1) is 6.22. The molecule has 0 fully saturated rings. The molecule has 0 N–H and O–H groups in total. The molecular formula is C10H9ClO2. The van der Waals surface area contributed by atoms with Crippen LogP contribution in [-0.2, 0) is 22.4 Å². The Kier molecular flexibility index (Phi) is 3.65. The summed E-state index contributed by atoms with van der Waals surface area (Å²) in [4.78, 5) is 20.8. The highest BCUT2D eigenvalue weighted by atomic mass is 35.5. The number of benzene rings is 1. The molecule has 0 aliphatic carbocycles. The van der Waals surface area contributed by atoms with Gasteiger partial charge < -0.3 is 4.79 Å². The van der Waals surface area contributed by atoms with E-state index in [2.05, 4.69) is 0 Å². The molecule has 0 spiro atoms. The van der Waals surface area contributed by atoms with Crippen LogP contribution in [0, 0.1) is 0 Å². The van der Waals surface area contributed by atoms with Gasteiger partial charge in [0.15, 0.2) is 0 Å². The number of hydrogen-bond acceptors (Lipinski definition) is 2. The molecule has 1 aromatic rings. The maximum absolute atomic E-state index is 10.6. The SMILES string of the molecule is O=CCc1cccc(CC(=O)Cl)c1. The predicted octanol–water partition coefficient (Wildman–Crippen LogP) is 1.74. The van der Waals surface area contributed by atoms with Gasteiger partial charge in [-0.05, 0) is 22.7 Å². The van der Waals surface area contributed by atoms with Gasteiger partial charge in [-0.3, -0.25) is 4.79 Å². The van der Waals surface area contributed by atoms with Crippen molar-refractivity contribution < 1.29 is 9.59 Å². The van der Waals surface area contributed by atoms with E-state index in [9.17, 15) is 9.59 Å². The molecular weight excluding hydrogens is 188 g/mol. The minimum atomic E-state index is -0.386. The van der Waals surface area contributed by atoms with Crippen LogP contribution in [-0.4, -0.2) is 11.5 Å². The van der Waals surface area contributed by atoms with E-state index < -0.39 is 0 Å². The zero-order valence-corrected chi connectivity index (χ0v) is 7.75. The number of carbonyl (C=O) groups is 2. The zero-order chi connectivity index (χ0) is 9.68. The molecule has 13 heavy (non-hydrogen) atoms. The summed E-state index contributed by atoms with van der Waals surface area (Å²) < 4.78 is 0. The monoisotopic (exact) mass is 196 g/mol. The second kappa shape index (κ2) is 4.77. The number of halogens is 1. The first-order valence-corrected chi connectivity index (χ1v) is 4.30. The number of carbonyl (C=O) groups excluding carboxylic acids is 2. The highest BCUT2D eigenvalue weighted by molar-refractivity contribution is 6.63. The van der Waals surface area contributed by atoms with Gasteiger partial charge in [0.1, 0.15) is 6.29 Å². The summed E-state index contributed by atoms with van der Waals surface area (Å²) in [5.74, 6) is 0. The van der Waals surface area contributed by atoms with Gasteiger partial charge in [0.05, 0.1) is 0 Å².